The second-order valence-corrected chi connectivity index (χ2v) is 9.01. The van der Waals surface area contributed by atoms with Gasteiger partial charge in [-0.25, -0.2) is 0 Å². The van der Waals surface area contributed by atoms with E-state index in [1.54, 1.807) is 4.90 Å². The van der Waals surface area contributed by atoms with Crippen LogP contribution in [0.3, 0.4) is 0 Å². The number of halogens is 1. The van der Waals surface area contributed by atoms with Crippen molar-refractivity contribution in [3.05, 3.63) is 69.7 Å². The van der Waals surface area contributed by atoms with Crippen LogP contribution in [-0.4, -0.2) is 35.5 Å². The number of hydrogen-bond donors (Lipinski definition) is 0. The minimum absolute atomic E-state index is 0.148. The third-order valence-corrected chi connectivity index (χ3v) is 5.75. The van der Waals surface area contributed by atoms with E-state index in [1.807, 2.05) is 37.3 Å². The van der Waals surface area contributed by atoms with Crippen molar-refractivity contribution in [2.75, 3.05) is 11.4 Å². The van der Waals surface area contributed by atoms with Crippen LogP contribution in [0.2, 0.25) is 0 Å². The highest BCUT2D eigenvalue weighted by Gasteiger charge is 2.34. The normalized spacial score (nSPS) is 16.1. The highest BCUT2D eigenvalue weighted by molar-refractivity contribution is 9.10. The van der Waals surface area contributed by atoms with Gasteiger partial charge in [0.15, 0.2) is 0 Å². The molecule has 0 bridgehead atoms. The van der Waals surface area contributed by atoms with Gasteiger partial charge >= 0.3 is 0 Å². The Balaban J connectivity index is 1.80. The number of rotatable bonds is 6. The lowest BCUT2D eigenvalue weighted by Crippen LogP contribution is -2.44. The number of amides is 2. The Morgan fingerprint density at radius 2 is 1.72 bits per heavy atom. The number of hydrazone groups is 1. The summed E-state index contributed by atoms with van der Waals surface area (Å²) in [7, 11) is 0. The average molecular weight is 498 g/mol. The van der Waals surface area contributed by atoms with Crippen molar-refractivity contribution in [3.63, 3.8) is 0 Å². The second kappa shape index (κ2) is 10.1. The van der Waals surface area contributed by atoms with Crippen LogP contribution in [0, 0.1) is 0 Å². The number of ether oxygens (including phenoxy) is 1. The largest absolute Gasteiger partial charge is 0.448 e. The molecule has 1 atom stereocenters. The van der Waals surface area contributed by atoms with E-state index >= 15 is 0 Å². The zero-order valence-corrected chi connectivity index (χ0v) is 20.6. The minimum atomic E-state index is -0.707. The molecular weight excluding hydrogens is 470 g/mol. The molecule has 1 heterocycles. The predicted molar refractivity (Wildman–Crippen MR) is 131 cm³/mol. The van der Waals surface area contributed by atoms with Gasteiger partial charge in [-0.1, -0.05) is 54.0 Å². The van der Waals surface area contributed by atoms with E-state index in [1.165, 1.54) is 24.4 Å². The lowest BCUT2D eigenvalue weighted by Gasteiger charge is -2.27. The van der Waals surface area contributed by atoms with Crippen LogP contribution in [0.25, 0.3) is 6.08 Å². The summed E-state index contributed by atoms with van der Waals surface area (Å²) >= 11 is 3.40. The van der Waals surface area contributed by atoms with Gasteiger partial charge in [0.25, 0.3) is 0 Å². The van der Waals surface area contributed by atoms with Crippen LogP contribution in [0.15, 0.2) is 63.7 Å². The quantitative estimate of drug-likeness (QED) is 0.525. The Bertz CT molecular complexity index is 1040. The van der Waals surface area contributed by atoms with Gasteiger partial charge in [0.1, 0.15) is 0 Å². The van der Waals surface area contributed by atoms with Gasteiger partial charge in [0.05, 0.1) is 6.54 Å². The number of benzene rings is 2. The highest BCUT2D eigenvalue weighted by Crippen LogP contribution is 2.24. The van der Waals surface area contributed by atoms with E-state index in [2.05, 4.69) is 59.1 Å². The molecule has 7 heteroatoms. The molecule has 0 saturated heterocycles. The van der Waals surface area contributed by atoms with Gasteiger partial charge in [-0.15, -0.1) is 5.10 Å². The van der Waals surface area contributed by atoms with Gasteiger partial charge in [0.2, 0.25) is 23.9 Å². The van der Waals surface area contributed by atoms with E-state index in [-0.39, 0.29) is 18.4 Å². The Morgan fingerprint density at radius 1 is 1.09 bits per heavy atom. The lowest BCUT2D eigenvalue weighted by atomic mass is 10.0. The molecule has 1 aliphatic heterocycles. The first-order chi connectivity index (χ1) is 15.2. The lowest BCUT2D eigenvalue weighted by molar-refractivity contribution is -0.135. The monoisotopic (exact) mass is 497 g/mol. The maximum atomic E-state index is 12.3. The van der Waals surface area contributed by atoms with Crippen LogP contribution in [0.1, 0.15) is 51.7 Å². The average Bonchev–Trinajstić information content (AvgIpc) is 3.17. The van der Waals surface area contributed by atoms with Crippen LogP contribution in [0.5, 0.6) is 0 Å². The van der Waals surface area contributed by atoms with Crippen molar-refractivity contribution in [3.8, 4) is 0 Å². The topological polar surface area (TPSA) is 62.2 Å². The summed E-state index contributed by atoms with van der Waals surface area (Å²) in [4.78, 5) is 26.1. The first-order valence-corrected chi connectivity index (χ1v) is 11.3. The van der Waals surface area contributed by atoms with Crippen molar-refractivity contribution in [1.29, 1.82) is 0 Å². The minimum Gasteiger partial charge on any atom is -0.448 e. The summed E-state index contributed by atoms with van der Waals surface area (Å²) in [6.07, 6.45) is 1.27. The van der Waals surface area contributed by atoms with Crippen molar-refractivity contribution >= 4 is 45.4 Å². The Kier molecular flexibility index (Phi) is 7.51. The second-order valence-electron chi connectivity index (χ2n) is 8.10. The van der Waals surface area contributed by atoms with E-state index in [4.69, 9.17) is 4.74 Å². The fourth-order valence-electron chi connectivity index (χ4n) is 3.41. The molecule has 0 fully saturated rings. The summed E-state index contributed by atoms with van der Waals surface area (Å²) in [6.45, 7) is 9.30. The number of carbonyl (C=O) groups excluding carboxylic acids is 2. The third-order valence-electron chi connectivity index (χ3n) is 5.22. The molecule has 6 nitrogen and oxygen atoms in total. The van der Waals surface area contributed by atoms with E-state index in [0.717, 1.165) is 21.3 Å². The molecule has 1 aliphatic rings. The number of hydrogen-bond acceptors (Lipinski definition) is 4. The van der Waals surface area contributed by atoms with Crippen LogP contribution in [0.4, 0.5) is 5.69 Å². The fourth-order valence-corrected chi connectivity index (χ4v) is 3.67. The van der Waals surface area contributed by atoms with Gasteiger partial charge in [-0.2, -0.15) is 5.01 Å². The molecule has 0 radical (unpaired) electrons. The summed E-state index contributed by atoms with van der Waals surface area (Å²) < 4.78 is 6.96. The molecule has 0 aliphatic carbocycles. The van der Waals surface area contributed by atoms with E-state index in [0.29, 0.717) is 11.8 Å². The summed E-state index contributed by atoms with van der Waals surface area (Å²) in [5, 5.41) is 5.69. The molecule has 1 unspecified atom stereocenters. The van der Waals surface area contributed by atoms with Crippen molar-refractivity contribution in [2.45, 2.75) is 46.8 Å². The maximum absolute atomic E-state index is 12.3. The standard InChI is InChI=1S/C25H28BrN3O3/c1-16(2)21-8-6-20(7-9-21)14-17(3)25-27-29(19(5)31)24(32-25)15-28(18(4)30)23-12-10-22(26)11-13-23/h6-14,16,24H,15H2,1-5H3/b17-14-. The smallest absolute Gasteiger partial charge is 0.243 e. The van der Waals surface area contributed by atoms with Crippen molar-refractivity contribution in [2.24, 2.45) is 5.10 Å². The Labute approximate surface area is 197 Å². The first kappa shape index (κ1) is 23.7. The number of nitrogens with zero attached hydrogens (tertiary/aromatic N) is 3. The molecular formula is C25H28BrN3O3. The fraction of sp³-hybridized carbons (Fsp3) is 0.320. The number of carbonyl (C=O) groups is 2. The maximum Gasteiger partial charge on any atom is 0.243 e. The first-order valence-electron chi connectivity index (χ1n) is 10.5. The summed E-state index contributed by atoms with van der Waals surface area (Å²) in [5.41, 5.74) is 3.82. The van der Waals surface area contributed by atoms with Crippen LogP contribution < -0.4 is 4.90 Å². The molecule has 0 aromatic heterocycles. The molecule has 168 valence electrons. The van der Waals surface area contributed by atoms with E-state index in [9.17, 15) is 9.59 Å². The van der Waals surface area contributed by atoms with Crippen molar-refractivity contribution in [1.82, 2.24) is 5.01 Å². The molecule has 0 saturated carbocycles. The van der Waals surface area contributed by atoms with Gasteiger partial charge in [-0.05, 0) is 54.3 Å². The van der Waals surface area contributed by atoms with Crippen LogP contribution >= 0.6 is 15.9 Å². The number of anilines is 1. The van der Waals surface area contributed by atoms with Crippen LogP contribution in [-0.2, 0) is 14.3 Å². The summed E-state index contributed by atoms with van der Waals surface area (Å²) in [6, 6.07) is 15.7. The van der Waals surface area contributed by atoms with Gasteiger partial charge in [-0.3, -0.25) is 9.59 Å². The molecule has 2 amide bonds. The summed E-state index contributed by atoms with van der Waals surface area (Å²) in [5.74, 6) is 0.442. The van der Waals surface area contributed by atoms with Crippen molar-refractivity contribution < 1.29 is 14.3 Å². The highest BCUT2D eigenvalue weighted by atomic mass is 79.9. The Hall–Kier alpha value is -2.93. The zero-order valence-electron chi connectivity index (χ0n) is 19.0. The molecule has 32 heavy (non-hydrogen) atoms. The van der Waals surface area contributed by atoms with E-state index < -0.39 is 6.23 Å². The molecule has 0 spiro atoms. The molecule has 2 aromatic carbocycles. The predicted octanol–water partition coefficient (Wildman–Crippen LogP) is 5.55. The zero-order chi connectivity index (χ0) is 23.4. The Morgan fingerprint density at radius 3 is 2.25 bits per heavy atom. The molecule has 2 aromatic rings. The third kappa shape index (κ3) is 5.65. The van der Waals surface area contributed by atoms with Gasteiger partial charge < -0.3 is 9.64 Å². The molecule has 0 N–H and O–H groups in total. The molecule has 3 rings (SSSR count). The van der Waals surface area contributed by atoms with Gasteiger partial charge in [0, 0.05) is 29.6 Å². The SMILES string of the molecule is CC(=O)N(CC1OC(/C(C)=C\c2ccc(C(C)C)cc2)=NN1C(C)=O)c1ccc(Br)cc1.